The first kappa shape index (κ1) is 19.7. The van der Waals surface area contributed by atoms with Crippen molar-refractivity contribution in [3.8, 4) is 11.8 Å². The van der Waals surface area contributed by atoms with Gasteiger partial charge in [0.2, 0.25) is 0 Å². The largest absolute Gasteiger partial charge is 0.483 e. The maximum absolute atomic E-state index is 13.6. The molecule has 0 aromatic heterocycles. The molecule has 2 aliphatic rings. The van der Waals surface area contributed by atoms with Crippen molar-refractivity contribution in [3.63, 3.8) is 0 Å². The fraction of sp³-hybridized carbons (Fsp3) is 0.409. The van der Waals surface area contributed by atoms with Gasteiger partial charge in [-0.25, -0.2) is 0 Å². The third kappa shape index (κ3) is 3.96. The van der Waals surface area contributed by atoms with Gasteiger partial charge in [0.05, 0.1) is 23.2 Å². The average Bonchev–Trinajstić information content (AvgIpc) is 3.06. The Morgan fingerprint density at radius 1 is 1.17 bits per heavy atom. The van der Waals surface area contributed by atoms with Gasteiger partial charge in [0.15, 0.2) is 0 Å². The lowest BCUT2D eigenvalue weighted by atomic mass is 10.0. The number of alkyl halides is 3. The molecule has 152 valence electrons. The number of hydrogen-bond donors (Lipinski definition) is 1. The summed E-state index contributed by atoms with van der Waals surface area (Å²) in [4.78, 5) is 2.25. The summed E-state index contributed by atoms with van der Waals surface area (Å²) in [5, 5.41) is 8.99. The molecule has 0 radical (unpaired) electrons. The summed E-state index contributed by atoms with van der Waals surface area (Å²) < 4.78 is 46.9. The zero-order chi connectivity index (χ0) is 20.6. The van der Waals surface area contributed by atoms with E-state index >= 15 is 0 Å². The molecule has 0 amide bonds. The Kier molecular flexibility index (Phi) is 5.24. The second-order valence-electron chi connectivity index (χ2n) is 7.73. The quantitative estimate of drug-likeness (QED) is 0.843. The van der Waals surface area contributed by atoms with Crippen molar-refractivity contribution in [2.24, 2.45) is 5.73 Å². The summed E-state index contributed by atoms with van der Waals surface area (Å²) in [5.74, 6) is -0.246. The van der Waals surface area contributed by atoms with Crippen molar-refractivity contribution in [1.82, 2.24) is 4.90 Å². The van der Waals surface area contributed by atoms with Gasteiger partial charge in [-0.3, -0.25) is 4.90 Å². The fourth-order valence-corrected chi connectivity index (χ4v) is 4.40. The highest BCUT2D eigenvalue weighted by Gasteiger charge is 2.41. The molecule has 1 heterocycles. The second kappa shape index (κ2) is 7.69. The van der Waals surface area contributed by atoms with Crippen LogP contribution in [0.15, 0.2) is 42.5 Å². The number of likely N-dealkylation sites (tertiary alicyclic amines) is 1. The second-order valence-corrected chi connectivity index (χ2v) is 7.73. The summed E-state index contributed by atoms with van der Waals surface area (Å²) >= 11 is 0. The van der Waals surface area contributed by atoms with Gasteiger partial charge >= 0.3 is 6.18 Å². The van der Waals surface area contributed by atoms with Crippen LogP contribution in [0.3, 0.4) is 0 Å². The molecule has 2 aromatic carbocycles. The molecule has 1 aliphatic carbocycles. The molecule has 0 saturated carbocycles. The minimum atomic E-state index is -4.61. The Bertz CT molecular complexity index is 938. The van der Waals surface area contributed by atoms with Gasteiger partial charge in [-0.05, 0) is 55.1 Å². The van der Waals surface area contributed by atoms with Gasteiger partial charge in [-0.2, -0.15) is 18.4 Å². The summed E-state index contributed by atoms with van der Waals surface area (Å²) in [6.45, 7) is 1.56. The van der Waals surface area contributed by atoms with Gasteiger partial charge in [0, 0.05) is 12.6 Å². The number of ether oxygens (including phenoxy) is 1. The van der Waals surface area contributed by atoms with Crippen LogP contribution in [0.5, 0.6) is 5.75 Å². The normalized spacial score (nSPS) is 24.7. The number of piperidine rings is 1. The minimum absolute atomic E-state index is 0.0462. The molecule has 1 fully saturated rings. The highest BCUT2D eigenvalue weighted by molar-refractivity contribution is 5.45. The number of fused-ring (bicyclic) bond motifs is 1. The predicted octanol–water partition coefficient (Wildman–Crippen LogP) is 4.04. The van der Waals surface area contributed by atoms with E-state index < -0.39 is 17.8 Å². The first-order valence-corrected chi connectivity index (χ1v) is 9.72. The number of nitrogens with zero attached hydrogens (tertiary/aromatic N) is 2. The lowest BCUT2D eigenvalue weighted by molar-refractivity contribution is -0.139. The maximum Gasteiger partial charge on any atom is 0.420 e. The minimum Gasteiger partial charge on any atom is -0.483 e. The van der Waals surface area contributed by atoms with Crippen molar-refractivity contribution < 1.29 is 17.9 Å². The van der Waals surface area contributed by atoms with Crippen LogP contribution in [-0.4, -0.2) is 30.1 Å². The number of nitriles is 1. The Balaban J connectivity index is 1.71. The topological polar surface area (TPSA) is 62.3 Å². The van der Waals surface area contributed by atoms with Crippen LogP contribution < -0.4 is 10.5 Å². The van der Waals surface area contributed by atoms with Crippen LogP contribution in [0, 0.1) is 11.3 Å². The Hall–Kier alpha value is -2.56. The standard InChI is InChI=1S/C22H22F3N3O/c23-22(24,25)18-10-14(12-26)7-8-20(18)29-21-17-6-2-1-4-15(17)11-19(21)28-9-3-5-16(27)13-28/h1-2,4,6-8,10,16,19,21H,3,5,9,11,13,27H2. The maximum atomic E-state index is 13.6. The molecule has 0 spiro atoms. The van der Waals surface area contributed by atoms with E-state index in [1.807, 2.05) is 24.3 Å². The number of hydrogen-bond acceptors (Lipinski definition) is 4. The van der Waals surface area contributed by atoms with Crippen molar-refractivity contribution in [3.05, 3.63) is 64.7 Å². The molecule has 1 saturated heterocycles. The van der Waals surface area contributed by atoms with E-state index in [0.717, 1.165) is 36.6 Å². The Morgan fingerprint density at radius 2 is 1.97 bits per heavy atom. The molecule has 7 heteroatoms. The number of benzene rings is 2. The summed E-state index contributed by atoms with van der Waals surface area (Å²) in [6, 6.07) is 12.9. The van der Waals surface area contributed by atoms with E-state index in [0.29, 0.717) is 13.0 Å². The lowest BCUT2D eigenvalue weighted by Gasteiger charge is -2.38. The third-order valence-corrected chi connectivity index (χ3v) is 5.77. The fourth-order valence-electron chi connectivity index (χ4n) is 4.40. The highest BCUT2D eigenvalue weighted by atomic mass is 19.4. The van der Waals surface area contributed by atoms with Crippen LogP contribution in [0.25, 0.3) is 0 Å². The van der Waals surface area contributed by atoms with E-state index in [2.05, 4.69) is 4.90 Å². The molecule has 3 atom stereocenters. The Morgan fingerprint density at radius 3 is 2.69 bits per heavy atom. The van der Waals surface area contributed by atoms with Crippen molar-refractivity contribution >= 4 is 0 Å². The number of rotatable bonds is 3. The van der Waals surface area contributed by atoms with Gasteiger partial charge in [0.1, 0.15) is 11.9 Å². The van der Waals surface area contributed by atoms with Crippen LogP contribution in [-0.2, 0) is 12.6 Å². The van der Waals surface area contributed by atoms with Crippen molar-refractivity contribution in [2.75, 3.05) is 13.1 Å². The molecular weight excluding hydrogens is 379 g/mol. The third-order valence-electron chi connectivity index (χ3n) is 5.77. The summed E-state index contributed by atoms with van der Waals surface area (Å²) in [5.41, 5.74) is 7.18. The first-order valence-electron chi connectivity index (χ1n) is 9.72. The summed E-state index contributed by atoms with van der Waals surface area (Å²) in [7, 11) is 0. The highest BCUT2D eigenvalue weighted by Crippen LogP contribution is 2.43. The molecule has 2 N–H and O–H groups in total. The van der Waals surface area contributed by atoms with E-state index in [1.165, 1.54) is 12.1 Å². The van der Waals surface area contributed by atoms with Crippen molar-refractivity contribution in [1.29, 1.82) is 5.26 Å². The van der Waals surface area contributed by atoms with Crippen LogP contribution >= 0.6 is 0 Å². The van der Waals surface area contributed by atoms with Gasteiger partial charge in [0.25, 0.3) is 0 Å². The smallest absolute Gasteiger partial charge is 0.420 e. The molecule has 3 unspecified atom stereocenters. The van der Waals surface area contributed by atoms with Crippen molar-refractivity contribution in [2.45, 2.75) is 43.6 Å². The van der Waals surface area contributed by atoms with E-state index in [1.54, 1.807) is 6.07 Å². The van der Waals surface area contributed by atoms with E-state index in [4.69, 9.17) is 15.7 Å². The van der Waals surface area contributed by atoms with Crippen LogP contribution in [0.1, 0.15) is 41.2 Å². The zero-order valence-corrected chi connectivity index (χ0v) is 15.8. The van der Waals surface area contributed by atoms with Crippen LogP contribution in [0.2, 0.25) is 0 Å². The first-order chi connectivity index (χ1) is 13.9. The zero-order valence-electron chi connectivity index (χ0n) is 15.8. The molecule has 1 aliphatic heterocycles. The number of nitrogens with two attached hydrogens (primary N) is 1. The molecule has 4 rings (SSSR count). The van der Waals surface area contributed by atoms with Gasteiger partial charge in [-0.1, -0.05) is 24.3 Å². The Labute approximate surface area is 167 Å². The molecule has 0 bridgehead atoms. The predicted molar refractivity (Wildman–Crippen MR) is 102 cm³/mol. The average molecular weight is 401 g/mol. The lowest BCUT2D eigenvalue weighted by Crippen LogP contribution is -2.49. The number of halogens is 3. The molecule has 29 heavy (non-hydrogen) atoms. The van der Waals surface area contributed by atoms with Gasteiger partial charge in [-0.15, -0.1) is 0 Å². The van der Waals surface area contributed by atoms with E-state index in [-0.39, 0.29) is 23.4 Å². The molecule has 4 nitrogen and oxygen atoms in total. The monoisotopic (exact) mass is 401 g/mol. The van der Waals surface area contributed by atoms with Gasteiger partial charge < -0.3 is 10.5 Å². The molecule has 2 aromatic rings. The summed E-state index contributed by atoms with van der Waals surface area (Å²) in [6.07, 6.45) is -2.50. The molecular formula is C22H22F3N3O. The van der Waals surface area contributed by atoms with E-state index in [9.17, 15) is 13.2 Å². The SMILES string of the molecule is N#Cc1ccc(OC2c3ccccc3CC2N2CCCC(N)C2)c(C(F)(F)F)c1. The van der Waals surface area contributed by atoms with Crippen LogP contribution in [0.4, 0.5) is 13.2 Å².